The maximum Gasteiger partial charge on any atom is 0.408 e. The highest BCUT2D eigenvalue weighted by Gasteiger charge is 2.62. The lowest BCUT2D eigenvalue weighted by atomic mass is 10.0. The molecule has 1 saturated heterocycles. The molecular weight excluding hydrogens is 676 g/mol. The fourth-order valence-electron chi connectivity index (χ4n) is 7.18. The lowest BCUT2D eigenvalue weighted by Crippen LogP contribution is -2.56. The Balaban J connectivity index is 1.35. The molecule has 1 saturated carbocycles. The molecule has 3 aliphatic rings. The van der Waals surface area contributed by atoms with Crippen LogP contribution in [-0.2, 0) is 23.9 Å². The second-order valence-electron chi connectivity index (χ2n) is 15.0. The molecule has 3 amide bonds. The summed E-state index contributed by atoms with van der Waals surface area (Å²) in [4.78, 5) is 61.6. The van der Waals surface area contributed by atoms with Crippen LogP contribution in [0.4, 0.5) is 4.79 Å². The van der Waals surface area contributed by atoms with E-state index >= 15 is 0 Å². The van der Waals surface area contributed by atoms with Crippen LogP contribution in [0, 0.1) is 5.92 Å². The number of carbonyl (C=O) groups excluding carboxylic acids is 4. The molecule has 282 valence electrons. The van der Waals surface area contributed by atoms with Gasteiger partial charge in [-0.1, -0.05) is 55.3 Å². The van der Waals surface area contributed by atoms with Crippen LogP contribution >= 0.6 is 0 Å². The first-order valence-corrected chi connectivity index (χ1v) is 18.6. The van der Waals surface area contributed by atoms with Crippen LogP contribution in [-0.4, -0.2) is 83.3 Å². The van der Waals surface area contributed by atoms with Gasteiger partial charge in [-0.15, -0.1) is 0 Å². The molecule has 2 aromatic carbocycles. The number of pyridine rings is 1. The van der Waals surface area contributed by atoms with Crippen molar-refractivity contribution in [3.05, 3.63) is 66.7 Å². The van der Waals surface area contributed by atoms with E-state index < -0.39 is 53.2 Å². The average molecular weight is 727 g/mol. The molecule has 0 spiro atoms. The minimum Gasteiger partial charge on any atom is -0.497 e. The zero-order chi connectivity index (χ0) is 37.8. The molecule has 3 aromatic rings. The minimum atomic E-state index is -1.21. The fourth-order valence-corrected chi connectivity index (χ4v) is 7.18. The number of allylic oxidation sites excluding steroid dienone is 1. The predicted molar refractivity (Wildman–Crippen MR) is 199 cm³/mol. The number of aromatic nitrogens is 1. The quantitative estimate of drug-likeness (QED) is 0.218. The number of rotatable bonds is 7. The smallest absolute Gasteiger partial charge is 0.408 e. The lowest BCUT2D eigenvalue weighted by molar-refractivity contribution is -0.150. The SMILES string of the molecule is CCOC(=O)[C@@]12C[C@H]1/C=C\CCCCC[C@H](NC(=O)OC(C)(C)C)C(=O)N1C[C@H](Oc3cc(-c4ccccc4)nc4cc(OC)ccc34)C[C@H]1C(=O)N2. The number of ether oxygens (including phenoxy) is 4. The highest BCUT2D eigenvalue weighted by Crippen LogP contribution is 2.46. The van der Waals surface area contributed by atoms with Crippen molar-refractivity contribution in [3.63, 3.8) is 0 Å². The normalized spacial score (nSPS) is 25.5. The summed E-state index contributed by atoms with van der Waals surface area (Å²) < 4.78 is 23.2. The summed E-state index contributed by atoms with van der Waals surface area (Å²) in [5.74, 6) is -0.423. The van der Waals surface area contributed by atoms with Gasteiger partial charge in [0.1, 0.15) is 40.8 Å². The Morgan fingerprint density at radius 2 is 1.85 bits per heavy atom. The van der Waals surface area contributed by atoms with Gasteiger partial charge in [0, 0.05) is 35.4 Å². The summed E-state index contributed by atoms with van der Waals surface area (Å²) in [6.45, 7) is 7.25. The van der Waals surface area contributed by atoms with Crippen molar-refractivity contribution < 1.29 is 38.1 Å². The third-order valence-corrected chi connectivity index (χ3v) is 9.91. The van der Waals surface area contributed by atoms with E-state index in [1.807, 2.05) is 66.7 Å². The third kappa shape index (κ3) is 8.75. The topological polar surface area (TPSA) is 145 Å². The highest BCUT2D eigenvalue weighted by molar-refractivity contribution is 5.97. The number of benzene rings is 2. The number of carbonyl (C=O) groups is 4. The second-order valence-corrected chi connectivity index (χ2v) is 15.0. The number of methoxy groups -OCH3 is 1. The van der Waals surface area contributed by atoms with E-state index in [-0.39, 0.29) is 25.5 Å². The Morgan fingerprint density at radius 3 is 2.58 bits per heavy atom. The number of amides is 3. The molecule has 2 fully saturated rings. The Kier molecular flexibility index (Phi) is 11.3. The number of alkyl carbamates (subject to hydrolysis) is 1. The van der Waals surface area contributed by atoms with Gasteiger partial charge >= 0.3 is 12.1 Å². The van der Waals surface area contributed by atoms with E-state index in [0.717, 1.165) is 30.2 Å². The van der Waals surface area contributed by atoms with Crippen LogP contribution in [0.2, 0.25) is 0 Å². The van der Waals surface area contributed by atoms with E-state index in [1.165, 1.54) is 4.90 Å². The van der Waals surface area contributed by atoms with E-state index in [0.29, 0.717) is 42.0 Å². The summed E-state index contributed by atoms with van der Waals surface area (Å²) in [5.41, 5.74) is 0.259. The molecular formula is C41H50N4O8. The van der Waals surface area contributed by atoms with Crippen molar-refractivity contribution in [2.45, 2.75) is 102 Å². The van der Waals surface area contributed by atoms with Gasteiger partial charge in [0.05, 0.1) is 31.5 Å². The highest BCUT2D eigenvalue weighted by atomic mass is 16.6. The molecule has 0 unspecified atom stereocenters. The van der Waals surface area contributed by atoms with Gasteiger partial charge in [0.2, 0.25) is 11.8 Å². The number of hydrogen-bond acceptors (Lipinski definition) is 9. The molecule has 0 radical (unpaired) electrons. The van der Waals surface area contributed by atoms with Gasteiger partial charge < -0.3 is 34.5 Å². The van der Waals surface area contributed by atoms with Crippen LogP contribution in [0.25, 0.3) is 22.2 Å². The first kappa shape index (κ1) is 37.6. The molecule has 3 heterocycles. The molecule has 6 rings (SSSR count). The van der Waals surface area contributed by atoms with E-state index in [1.54, 1.807) is 34.8 Å². The van der Waals surface area contributed by atoms with Crippen LogP contribution < -0.4 is 20.1 Å². The molecule has 2 aliphatic heterocycles. The van der Waals surface area contributed by atoms with Crippen molar-refractivity contribution in [1.29, 1.82) is 0 Å². The van der Waals surface area contributed by atoms with Gasteiger partial charge in [-0.25, -0.2) is 14.6 Å². The third-order valence-electron chi connectivity index (χ3n) is 9.91. The number of esters is 1. The molecule has 12 heteroatoms. The predicted octanol–water partition coefficient (Wildman–Crippen LogP) is 6.11. The fraction of sp³-hybridized carbons (Fsp3) is 0.488. The van der Waals surface area contributed by atoms with Crippen molar-refractivity contribution >= 4 is 34.8 Å². The van der Waals surface area contributed by atoms with Crippen LogP contribution in [0.3, 0.4) is 0 Å². The maximum atomic E-state index is 14.5. The summed E-state index contributed by atoms with van der Waals surface area (Å²) in [5, 5.41) is 6.54. The van der Waals surface area contributed by atoms with Crippen molar-refractivity contribution in [3.8, 4) is 22.8 Å². The van der Waals surface area contributed by atoms with Crippen LogP contribution in [0.15, 0.2) is 66.7 Å². The molecule has 2 N–H and O–H groups in total. The van der Waals surface area contributed by atoms with Crippen molar-refractivity contribution in [1.82, 2.24) is 20.5 Å². The van der Waals surface area contributed by atoms with E-state index in [9.17, 15) is 19.2 Å². The number of hydrogen-bond donors (Lipinski definition) is 2. The maximum absolute atomic E-state index is 14.5. The zero-order valence-corrected chi connectivity index (χ0v) is 31.2. The second kappa shape index (κ2) is 15.9. The van der Waals surface area contributed by atoms with Crippen LogP contribution in [0.1, 0.15) is 72.6 Å². The first-order chi connectivity index (χ1) is 25.4. The van der Waals surface area contributed by atoms with E-state index in [4.69, 9.17) is 23.9 Å². The first-order valence-electron chi connectivity index (χ1n) is 18.6. The van der Waals surface area contributed by atoms with Gasteiger partial charge in [0.25, 0.3) is 0 Å². The van der Waals surface area contributed by atoms with Crippen LogP contribution in [0.5, 0.6) is 11.5 Å². The standard InChI is InChI=1S/C41H50N4O8/c1-6-51-38(48)41-24-27(41)17-13-8-7-9-14-18-31(43-39(49)53-40(2,3)4)37(47)45-25-29(22-34(45)36(46)44-41)52-35-23-32(26-15-11-10-12-16-26)42-33-21-28(50-5)19-20-30(33)35/h10-13,15-17,19-21,23,27,29,31,34H,6-9,14,18,22,24-25H2,1-5H3,(H,43,49)(H,44,46)/b17-13-/t27-,29-,31+,34+,41-/m1/s1. The van der Waals surface area contributed by atoms with Gasteiger partial charge in [-0.2, -0.15) is 0 Å². The average Bonchev–Trinajstić information content (AvgIpc) is 3.66. The Bertz CT molecular complexity index is 1860. The summed E-state index contributed by atoms with van der Waals surface area (Å²) in [7, 11) is 1.60. The molecule has 1 aliphatic carbocycles. The minimum absolute atomic E-state index is 0.0692. The monoisotopic (exact) mass is 726 g/mol. The Hall–Kier alpha value is -5.13. The lowest BCUT2D eigenvalue weighted by Gasteiger charge is -2.30. The number of nitrogens with one attached hydrogen (secondary N) is 2. The summed E-state index contributed by atoms with van der Waals surface area (Å²) >= 11 is 0. The number of nitrogens with zero attached hydrogens (tertiary/aromatic N) is 2. The Labute approximate surface area is 310 Å². The molecule has 0 bridgehead atoms. The molecule has 1 aromatic heterocycles. The number of fused-ring (bicyclic) bond motifs is 3. The van der Waals surface area contributed by atoms with Gasteiger partial charge in [-0.05, 0) is 65.5 Å². The summed E-state index contributed by atoms with van der Waals surface area (Å²) in [6.07, 6.45) is 6.80. The zero-order valence-electron chi connectivity index (χ0n) is 31.2. The van der Waals surface area contributed by atoms with Gasteiger partial charge in [-0.3, -0.25) is 9.59 Å². The molecule has 5 atom stereocenters. The van der Waals surface area contributed by atoms with Gasteiger partial charge in [0.15, 0.2) is 0 Å². The molecule has 12 nitrogen and oxygen atoms in total. The Morgan fingerprint density at radius 1 is 1.06 bits per heavy atom. The van der Waals surface area contributed by atoms with Crippen molar-refractivity contribution in [2.24, 2.45) is 5.92 Å². The molecule has 53 heavy (non-hydrogen) atoms. The van der Waals surface area contributed by atoms with E-state index in [2.05, 4.69) is 10.6 Å². The van der Waals surface area contributed by atoms with Crippen molar-refractivity contribution in [2.75, 3.05) is 20.3 Å². The largest absolute Gasteiger partial charge is 0.497 e. The summed E-state index contributed by atoms with van der Waals surface area (Å²) in [6, 6.07) is 15.2.